The highest BCUT2D eigenvalue weighted by Gasteiger charge is 2.33. The fourth-order valence-electron chi connectivity index (χ4n) is 1.61. The molecule has 0 aliphatic heterocycles. The van der Waals surface area contributed by atoms with Crippen LogP contribution in [0.5, 0.6) is 0 Å². The lowest BCUT2D eigenvalue weighted by Crippen LogP contribution is -2.32. The third-order valence-corrected chi connectivity index (χ3v) is 3.00. The number of rotatable bonds is 6. The van der Waals surface area contributed by atoms with Gasteiger partial charge in [0.1, 0.15) is 0 Å². The quantitative estimate of drug-likeness (QED) is 0.614. The fourth-order valence-corrected chi connectivity index (χ4v) is 1.61. The number of ether oxygens (including phenoxy) is 1. The Labute approximate surface area is 88.0 Å². The lowest BCUT2D eigenvalue weighted by molar-refractivity contribution is -0.152. The van der Waals surface area contributed by atoms with E-state index in [4.69, 9.17) is 4.74 Å². The molecule has 0 saturated carbocycles. The van der Waals surface area contributed by atoms with E-state index in [-0.39, 0.29) is 17.3 Å². The molecular weight excluding hydrogens is 176 g/mol. The highest BCUT2D eigenvalue weighted by atomic mass is 16.5. The molecule has 0 amide bonds. The third-order valence-electron chi connectivity index (χ3n) is 3.00. The van der Waals surface area contributed by atoms with Crippen molar-refractivity contribution in [2.24, 2.45) is 11.3 Å². The van der Waals surface area contributed by atoms with Crippen molar-refractivity contribution in [2.45, 2.75) is 53.9 Å². The molecule has 0 bridgehead atoms. The first kappa shape index (κ1) is 13.5. The van der Waals surface area contributed by atoms with E-state index in [1.807, 2.05) is 6.92 Å². The van der Waals surface area contributed by atoms with Crippen LogP contribution in [-0.2, 0) is 9.53 Å². The molecule has 0 spiro atoms. The molecule has 84 valence electrons. The number of hydrogen-bond donors (Lipinski definition) is 0. The molecule has 0 aromatic heterocycles. The van der Waals surface area contributed by atoms with E-state index in [0.717, 1.165) is 19.3 Å². The molecule has 0 aliphatic rings. The standard InChI is InChI=1S/C12H24O2/c1-6-9-10(11(13)14-8-3)12(4,5)7-2/h10H,6-9H2,1-5H3/t10-/m0/s1. The first-order valence-corrected chi connectivity index (χ1v) is 5.66. The van der Waals surface area contributed by atoms with Gasteiger partial charge in [-0.3, -0.25) is 4.79 Å². The molecular formula is C12H24O2. The Hall–Kier alpha value is -0.530. The second kappa shape index (κ2) is 6.05. The number of carbonyl (C=O) groups is 1. The number of carbonyl (C=O) groups excluding carboxylic acids is 1. The highest BCUT2D eigenvalue weighted by molar-refractivity contribution is 5.73. The third kappa shape index (κ3) is 3.69. The molecule has 0 aromatic rings. The average Bonchev–Trinajstić information content (AvgIpc) is 2.14. The topological polar surface area (TPSA) is 26.3 Å². The van der Waals surface area contributed by atoms with E-state index in [1.165, 1.54) is 0 Å². The average molecular weight is 200 g/mol. The van der Waals surface area contributed by atoms with Gasteiger partial charge < -0.3 is 4.74 Å². The molecule has 0 aliphatic carbocycles. The summed E-state index contributed by atoms with van der Waals surface area (Å²) in [5.74, 6) is 0.0265. The van der Waals surface area contributed by atoms with Gasteiger partial charge in [0.15, 0.2) is 0 Å². The summed E-state index contributed by atoms with van der Waals surface area (Å²) >= 11 is 0. The maximum absolute atomic E-state index is 11.7. The van der Waals surface area contributed by atoms with Crippen molar-refractivity contribution in [2.75, 3.05) is 6.61 Å². The molecule has 0 fully saturated rings. The Kier molecular flexibility index (Phi) is 5.82. The maximum Gasteiger partial charge on any atom is 0.309 e. The van der Waals surface area contributed by atoms with Crippen LogP contribution in [0.3, 0.4) is 0 Å². The SMILES string of the molecule is CCC[C@@H](C(=O)OCC)C(C)(C)CC. The molecule has 0 radical (unpaired) electrons. The molecule has 2 heteroatoms. The summed E-state index contributed by atoms with van der Waals surface area (Å²) in [6, 6.07) is 0. The lowest BCUT2D eigenvalue weighted by Gasteiger charge is -2.31. The molecule has 0 rings (SSSR count). The van der Waals surface area contributed by atoms with Crippen molar-refractivity contribution < 1.29 is 9.53 Å². The van der Waals surface area contributed by atoms with Crippen molar-refractivity contribution in [1.82, 2.24) is 0 Å². The van der Waals surface area contributed by atoms with E-state index < -0.39 is 0 Å². The first-order valence-electron chi connectivity index (χ1n) is 5.66. The van der Waals surface area contributed by atoms with Gasteiger partial charge in [0.25, 0.3) is 0 Å². The Morgan fingerprint density at radius 1 is 1.29 bits per heavy atom. The Balaban J connectivity index is 4.49. The van der Waals surface area contributed by atoms with Gasteiger partial charge in [-0.2, -0.15) is 0 Å². The zero-order chi connectivity index (χ0) is 11.2. The molecule has 0 aromatic carbocycles. The van der Waals surface area contributed by atoms with Crippen LogP contribution in [-0.4, -0.2) is 12.6 Å². The van der Waals surface area contributed by atoms with Gasteiger partial charge in [-0.05, 0) is 18.8 Å². The molecule has 1 atom stereocenters. The summed E-state index contributed by atoms with van der Waals surface area (Å²) < 4.78 is 5.11. The van der Waals surface area contributed by atoms with E-state index in [9.17, 15) is 4.79 Å². The number of hydrogen-bond acceptors (Lipinski definition) is 2. The van der Waals surface area contributed by atoms with Crippen LogP contribution in [0.1, 0.15) is 53.9 Å². The smallest absolute Gasteiger partial charge is 0.309 e. The summed E-state index contributed by atoms with van der Waals surface area (Å²) in [6.45, 7) is 10.9. The van der Waals surface area contributed by atoms with Gasteiger partial charge in [-0.25, -0.2) is 0 Å². The largest absolute Gasteiger partial charge is 0.466 e. The van der Waals surface area contributed by atoms with Gasteiger partial charge in [-0.15, -0.1) is 0 Å². The highest BCUT2D eigenvalue weighted by Crippen LogP contribution is 2.34. The van der Waals surface area contributed by atoms with Crippen molar-refractivity contribution in [3.8, 4) is 0 Å². The van der Waals surface area contributed by atoms with Crippen molar-refractivity contribution >= 4 is 5.97 Å². The zero-order valence-corrected chi connectivity index (χ0v) is 10.2. The van der Waals surface area contributed by atoms with E-state index in [2.05, 4.69) is 27.7 Å². The molecule has 0 N–H and O–H groups in total. The fraction of sp³-hybridized carbons (Fsp3) is 0.917. The summed E-state index contributed by atoms with van der Waals surface area (Å²) in [5.41, 5.74) is 0.0578. The molecule has 2 nitrogen and oxygen atoms in total. The Morgan fingerprint density at radius 2 is 1.86 bits per heavy atom. The minimum absolute atomic E-state index is 0.0267. The molecule has 0 heterocycles. The van der Waals surface area contributed by atoms with Crippen molar-refractivity contribution in [3.05, 3.63) is 0 Å². The van der Waals surface area contributed by atoms with Gasteiger partial charge in [-0.1, -0.05) is 40.5 Å². The summed E-state index contributed by atoms with van der Waals surface area (Å²) in [7, 11) is 0. The zero-order valence-electron chi connectivity index (χ0n) is 10.2. The lowest BCUT2D eigenvalue weighted by atomic mass is 9.74. The van der Waals surface area contributed by atoms with Crippen LogP contribution in [0.2, 0.25) is 0 Å². The van der Waals surface area contributed by atoms with Crippen molar-refractivity contribution in [1.29, 1.82) is 0 Å². The van der Waals surface area contributed by atoms with Crippen LogP contribution < -0.4 is 0 Å². The summed E-state index contributed by atoms with van der Waals surface area (Å²) in [5, 5.41) is 0. The van der Waals surface area contributed by atoms with Gasteiger partial charge in [0, 0.05) is 0 Å². The minimum Gasteiger partial charge on any atom is -0.466 e. The van der Waals surface area contributed by atoms with Crippen LogP contribution in [0.4, 0.5) is 0 Å². The van der Waals surface area contributed by atoms with Gasteiger partial charge >= 0.3 is 5.97 Å². The van der Waals surface area contributed by atoms with Crippen LogP contribution >= 0.6 is 0 Å². The summed E-state index contributed by atoms with van der Waals surface area (Å²) in [4.78, 5) is 11.7. The van der Waals surface area contributed by atoms with Crippen LogP contribution in [0.15, 0.2) is 0 Å². The monoisotopic (exact) mass is 200 g/mol. The normalized spacial score (nSPS) is 13.8. The Morgan fingerprint density at radius 3 is 2.21 bits per heavy atom. The van der Waals surface area contributed by atoms with Gasteiger partial charge in [0.05, 0.1) is 12.5 Å². The van der Waals surface area contributed by atoms with E-state index >= 15 is 0 Å². The molecule has 0 saturated heterocycles. The Bertz CT molecular complexity index is 173. The van der Waals surface area contributed by atoms with Crippen LogP contribution in [0, 0.1) is 11.3 Å². The van der Waals surface area contributed by atoms with E-state index in [1.54, 1.807) is 0 Å². The van der Waals surface area contributed by atoms with Crippen LogP contribution in [0.25, 0.3) is 0 Å². The van der Waals surface area contributed by atoms with Gasteiger partial charge in [0.2, 0.25) is 0 Å². The predicted molar refractivity (Wildman–Crippen MR) is 59.1 cm³/mol. The maximum atomic E-state index is 11.7. The second-order valence-corrected chi connectivity index (χ2v) is 4.44. The second-order valence-electron chi connectivity index (χ2n) is 4.44. The minimum atomic E-state index is -0.0267. The predicted octanol–water partition coefficient (Wildman–Crippen LogP) is 3.40. The first-order chi connectivity index (χ1) is 6.49. The summed E-state index contributed by atoms with van der Waals surface area (Å²) in [6.07, 6.45) is 2.98. The van der Waals surface area contributed by atoms with E-state index in [0.29, 0.717) is 6.61 Å². The number of esters is 1. The van der Waals surface area contributed by atoms with Crippen molar-refractivity contribution in [3.63, 3.8) is 0 Å². The molecule has 14 heavy (non-hydrogen) atoms. The molecule has 0 unspecified atom stereocenters.